The van der Waals surface area contributed by atoms with Crippen LogP contribution in [0.2, 0.25) is 0 Å². The van der Waals surface area contributed by atoms with E-state index in [0.29, 0.717) is 26.3 Å². The number of rotatable bonds is 6. The highest BCUT2D eigenvalue weighted by molar-refractivity contribution is 5.69. The minimum Gasteiger partial charge on any atom is -0.480 e. The molecule has 0 aliphatic carbocycles. The summed E-state index contributed by atoms with van der Waals surface area (Å²) in [6.45, 7) is 6.48. The van der Waals surface area contributed by atoms with Gasteiger partial charge in [0, 0.05) is 26.3 Å². The Balaban J connectivity index is 2.44. The van der Waals surface area contributed by atoms with E-state index >= 15 is 0 Å². The summed E-state index contributed by atoms with van der Waals surface area (Å²) in [5.74, 6) is -0.803. The molecule has 0 radical (unpaired) electrons. The Morgan fingerprint density at radius 3 is 2.07 bits per heavy atom. The zero-order valence-corrected chi connectivity index (χ0v) is 9.31. The lowest BCUT2D eigenvalue weighted by molar-refractivity contribution is -0.138. The van der Waals surface area contributed by atoms with Gasteiger partial charge in [-0.15, -0.1) is 0 Å². The minimum absolute atomic E-state index is 0.00861. The van der Waals surface area contributed by atoms with Gasteiger partial charge in [0.1, 0.15) is 0 Å². The fourth-order valence-corrected chi connectivity index (χ4v) is 1.89. The van der Waals surface area contributed by atoms with Crippen molar-refractivity contribution in [1.29, 1.82) is 0 Å². The van der Waals surface area contributed by atoms with Gasteiger partial charge in [0.15, 0.2) is 0 Å². The predicted molar refractivity (Wildman–Crippen MR) is 54.9 cm³/mol. The van der Waals surface area contributed by atoms with Crippen molar-refractivity contribution in [3.63, 3.8) is 0 Å². The van der Waals surface area contributed by atoms with Crippen LogP contribution in [-0.2, 0) is 14.3 Å². The molecule has 1 heterocycles. The van der Waals surface area contributed by atoms with Gasteiger partial charge in [-0.05, 0) is 13.8 Å². The molecule has 1 N–H and O–H groups in total. The van der Waals surface area contributed by atoms with Gasteiger partial charge in [0.2, 0.25) is 0 Å². The number of carboxylic acid groups (broad SMARTS) is 1. The molecule has 88 valence electrons. The number of nitrogens with zero attached hydrogens (tertiary/aromatic N) is 1. The summed E-state index contributed by atoms with van der Waals surface area (Å²) in [4.78, 5) is 12.4. The number of aliphatic carboxylic acids is 1. The summed E-state index contributed by atoms with van der Waals surface area (Å²) in [7, 11) is 0. The summed E-state index contributed by atoms with van der Waals surface area (Å²) in [6.07, 6.45) is 0.0172. The average molecular weight is 217 g/mol. The van der Waals surface area contributed by atoms with Crippen LogP contribution < -0.4 is 0 Å². The van der Waals surface area contributed by atoms with Gasteiger partial charge < -0.3 is 14.6 Å². The van der Waals surface area contributed by atoms with Crippen LogP contribution >= 0.6 is 0 Å². The van der Waals surface area contributed by atoms with Crippen molar-refractivity contribution >= 4 is 5.97 Å². The number of carbonyl (C=O) groups is 1. The summed E-state index contributed by atoms with van der Waals surface area (Å²) >= 11 is 0. The van der Waals surface area contributed by atoms with Gasteiger partial charge in [0.05, 0.1) is 18.8 Å². The van der Waals surface area contributed by atoms with E-state index in [4.69, 9.17) is 14.6 Å². The molecule has 0 saturated carbocycles. The second kappa shape index (κ2) is 6.05. The maximum absolute atomic E-state index is 10.6. The molecule has 0 unspecified atom stereocenters. The third kappa shape index (κ3) is 3.77. The first kappa shape index (κ1) is 12.4. The van der Waals surface area contributed by atoms with Gasteiger partial charge >= 0.3 is 5.97 Å². The Morgan fingerprint density at radius 2 is 1.73 bits per heavy atom. The summed E-state index contributed by atoms with van der Waals surface area (Å²) < 4.78 is 11.0. The van der Waals surface area contributed by atoms with Crippen LogP contribution in [0.3, 0.4) is 0 Å². The topological polar surface area (TPSA) is 59.0 Å². The van der Waals surface area contributed by atoms with Crippen LogP contribution in [0.1, 0.15) is 13.8 Å². The second-order valence-corrected chi connectivity index (χ2v) is 3.58. The normalized spacial score (nSPS) is 27.1. The van der Waals surface area contributed by atoms with Crippen molar-refractivity contribution in [2.45, 2.75) is 26.1 Å². The van der Waals surface area contributed by atoms with Crippen molar-refractivity contribution in [2.24, 2.45) is 0 Å². The van der Waals surface area contributed by atoms with E-state index in [1.165, 1.54) is 0 Å². The van der Waals surface area contributed by atoms with E-state index in [2.05, 4.69) is 0 Å². The number of carboxylic acids is 1. The maximum atomic E-state index is 10.6. The number of hydrogen-bond donors (Lipinski definition) is 1. The monoisotopic (exact) mass is 217 g/mol. The second-order valence-electron chi connectivity index (χ2n) is 3.58. The lowest BCUT2D eigenvalue weighted by Crippen LogP contribution is -2.29. The maximum Gasteiger partial charge on any atom is 0.317 e. The van der Waals surface area contributed by atoms with Gasteiger partial charge in [-0.2, -0.15) is 0 Å². The molecule has 2 atom stereocenters. The number of ether oxygens (including phenoxy) is 2. The smallest absolute Gasteiger partial charge is 0.317 e. The van der Waals surface area contributed by atoms with Crippen LogP contribution in [0.5, 0.6) is 0 Å². The molecule has 5 heteroatoms. The van der Waals surface area contributed by atoms with E-state index in [0.717, 1.165) is 0 Å². The Hall–Kier alpha value is -0.650. The predicted octanol–water partition coefficient (Wildman–Crippen LogP) is 0.197. The molecule has 5 nitrogen and oxygen atoms in total. The molecule has 1 aliphatic rings. The number of likely N-dealkylation sites (tertiary alicyclic amines) is 1. The fraction of sp³-hybridized carbons (Fsp3) is 0.900. The first-order chi connectivity index (χ1) is 7.17. The third-order valence-corrected chi connectivity index (χ3v) is 2.41. The molecule has 1 aliphatic heterocycles. The molecule has 0 aromatic rings. The standard InChI is InChI=1S/C10H19NO4/c1-3-14-8-5-11(7-10(12)13)6-9(8)15-4-2/h8-9H,3-7H2,1-2H3,(H,12,13)/t8-,9-/m1/s1. The lowest BCUT2D eigenvalue weighted by atomic mass is 10.2. The molecule has 0 spiro atoms. The van der Waals surface area contributed by atoms with Crippen LogP contribution in [-0.4, -0.2) is 61.0 Å². The Bertz CT molecular complexity index is 196. The van der Waals surface area contributed by atoms with Gasteiger partial charge in [-0.1, -0.05) is 0 Å². The molecule has 0 amide bonds. The highest BCUT2D eigenvalue weighted by atomic mass is 16.5. The molecule has 1 fully saturated rings. The van der Waals surface area contributed by atoms with E-state index in [-0.39, 0.29) is 18.8 Å². The van der Waals surface area contributed by atoms with E-state index < -0.39 is 5.97 Å². The summed E-state index contributed by atoms with van der Waals surface area (Å²) in [5, 5.41) is 8.68. The van der Waals surface area contributed by atoms with Crippen LogP contribution in [0.25, 0.3) is 0 Å². The van der Waals surface area contributed by atoms with Gasteiger partial charge in [0.25, 0.3) is 0 Å². The van der Waals surface area contributed by atoms with E-state index in [9.17, 15) is 4.79 Å². The Kier molecular flexibility index (Phi) is 5.01. The third-order valence-electron chi connectivity index (χ3n) is 2.41. The first-order valence-electron chi connectivity index (χ1n) is 5.34. The van der Waals surface area contributed by atoms with Crippen molar-refractivity contribution < 1.29 is 19.4 Å². The average Bonchev–Trinajstić information content (AvgIpc) is 2.48. The van der Waals surface area contributed by atoms with Gasteiger partial charge in [-0.3, -0.25) is 9.69 Å². The van der Waals surface area contributed by atoms with Crippen molar-refractivity contribution in [1.82, 2.24) is 4.90 Å². The Labute approximate surface area is 90.0 Å². The Morgan fingerprint density at radius 1 is 1.27 bits per heavy atom. The van der Waals surface area contributed by atoms with Crippen LogP contribution in [0.4, 0.5) is 0 Å². The zero-order chi connectivity index (χ0) is 11.3. The molecule has 0 aromatic carbocycles. The molecule has 0 bridgehead atoms. The van der Waals surface area contributed by atoms with E-state index in [1.807, 2.05) is 18.7 Å². The zero-order valence-electron chi connectivity index (χ0n) is 9.31. The SMILES string of the molecule is CCO[C@@H]1CN(CC(=O)O)C[C@H]1OCC. The molecule has 15 heavy (non-hydrogen) atoms. The van der Waals surface area contributed by atoms with Crippen molar-refractivity contribution in [3.8, 4) is 0 Å². The van der Waals surface area contributed by atoms with Crippen molar-refractivity contribution in [3.05, 3.63) is 0 Å². The minimum atomic E-state index is -0.803. The molecule has 0 aromatic heterocycles. The van der Waals surface area contributed by atoms with Gasteiger partial charge in [-0.25, -0.2) is 0 Å². The van der Waals surface area contributed by atoms with Crippen LogP contribution in [0, 0.1) is 0 Å². The lowest BCUT2D eigenvalue weighted by Gasteiger charge is -2.17. The summed E-state index contributed by atoms with van der Waals surface area (Å²) in [6, 6.07) is 0. The quantitative estimate of drug-likeness (QED) is 0.688. The molecule has 1 saturated heterocycles. The van der Waals surface area contributed by atoms with Crippen LogP contribution in [0.15, 0.2) is 0 Å². The molecular formula is C10H19NO4. The fourth-order valence-electron chi connectivity index (χ4n) is 1.89. The first-order valence-corrected chi connectivity index (χ1v) is 5.34. The van der Waals surface area contributed by atoms with Crippen molar-refractivity contribution in [2.75, 3.05) is 32.8 Å². The largest absolute Gasteiger partial charge is 0.480 e. The highest BCUT2D eigenvalue weighted by Crippen LogP contribution is 2.16. The molecule has 1 rings (SSSR count). The molecular weight excluding hydrogens is 198 g/mol. The van der Waals surface area contributed by atoms with E-state index in [1.54, 1.807) is 0 Å². The highest BCUT2D eigenvalue weighted by Gasteiger charge is 2.34. The number of hydrogen-bond acceptors (Lipinski definition) is 4. The summed E-state index contributed by atoms with van der Waals surface area (Å²) in [5.41, 5.74) is 0.